The second-order valence-electron chi connectivity index (χ2n) is 8.56. The van der Waals surface area contributed by atoms with Crippen LogP contribution in [0.15, 0.2) is 110 Å². The van der Waals surface area contributed by atoms with Crippen molar-refractivity contribution in [3.63, 3.8) is 0 Å². The monoisotopic (exact) mass is 457 g/mol. The molecule has 0 saturated carbocycles. The SMILES string of the molecule is C=C/C=C\C=C(/C)CNc1nc(-c2cccnc2)nc2ccc(-c3ccc4c(ccn4C)c3)cc12. The molecule has 5 nitrogen and oxygen atoms in total. The van der Waals surface area contributed by atoms with Crippen LogP contribution in [0.25, 0.3) is 44.3 Å². The van der Waals surface area contributed by atoms with Crippen molar-refractivity contribution in [2.45, 2.75) is 6.92 Å². The number of allylic oxidation sites excluding steroid dienone is 4. The summed E-state index contributed by atoms with van der Waals surface area (Å²) in [4.78, 5) is 14.0. The van der Waals surface area contributed by atoms with E-state index in [1.807, 2.05) is 24.3 Å². The van der Waals surface area contributed by atoms with Crippen molar-refractivity contribution in [3.05, 3.63) is 110 Å². The van der Waals surface area contributed by atoms with Gasteiger partial charge < -0.3 is 9.88 Å². The van der Waals surface area contributed by atoms with E-state index in [0.29, 0.717) is 12.4 Å². The van der Waals surface area contributed by atoms with Gasteiger partial charge in [0.2, 0.25) is 0 Å². The highest BCUT2D eigenvalue weighted by atomic mass is 15.0. The van der Waals surface area contributed by atoms with Crippen molar-refractivity contribution in [2.75, 3.05) is 11.9 Å². The number of aryl methyl sites for hydroxylation is 1. The molecule has 0 bridgehead atoms. The maximum absolute atomic E-state index is 4.90. The van der Waals surface area contributed by atoms with Gasteiger partial charge in [0.1, 0.15) is 5.82 Å². The Morgan fingerprint density at radius 1 is 1.00 bits per heavy atom. The Bertz CT molecular complexity index is 1580. The fourth-order valence-corrected chi connectivity index (χ4v) is 4.11. The zero-order valence-electron chi connectivity index (χ0n) is 19.9. The first-order chi connectivity index (χ1) is 17.1. The highest BCUT2D eigenvalue weighted by molar-refractivity contribution is 5.95. The van der Waals surface area contributed by atoms with E-state index in [1.54, 1.807) is 18.5 Å². The lowest BCUT2D eigenvalue weighted by Crippen LogP contribution is -2.07. The topological polar surface area (TPSA) is 55.6 Å². The summed E-state index contributed by atoms with van der Waals surface area (Å²) >= 11 is 0. The van der Waals surface area contributed by atoms with Crippen molar-refractivity contribution < 1.29 is 0 Å². The molecule has 2 aromatic carbocycles. The normalized spacial score (nSPS) is 12.0. The molecule has 35 heavy (non-hydrogen) atoms. The molecule has 0 aliphatic carbocycles. The van der Waals surface area contributed by atoms with Crippen LogP contribution in [0, 0.1) is 0 Å². The molecule has 0 spiro atoms. The number of rotatable bonds is 7. The number of aromatic nitrogens is 4. The van der Waals surface area contributed by atoms with Gasteiger partial charge in [-0.2, -0.15) is 0 Å². The summed E-state index contributed by atoms with van der Waals surface area (Å²) in [5, 5.41) is 5.74. The summed E-state index contributed by atoms with van der Waals surface area (Å²) in [6, 6.07) is 19.0. The Morgan fingerprint density at radius 3 is 2.69 bits per heavy atom. The van der Waals surface area contributed by atoms with E-state index >= 15 is 0 Å². The Hall–Kier alpha value is -4.51. The fraction of sp³-hybridized carbons (Fsp3) is 0.100. The van der Waals surface area contributed by atoms with Crippen LogP contribution in [0.5, 0.6) is 0 Å². The van der Waals surface area contributed by atoms with Crippen LogP contribution in [-0.4, -0.2) is 26.1 Å². The van der Waals surface area contributed by atoms with Gasteiger partial charge in [-0.15, -0.1) is 0 Å². The standard InChI is InChI=1S/C30H27N5/c1-4-5-6-8-21(2)19-32-30-26-18-23(22-11-13-28-24(17-22)14-16-35(28)3)10-12-27(26)33-29(34-30)25-9-7-15-31-20-25/h4-18,20H,1,19H2,2-3H3,(H,32,33,34)/b6-5-,21-8+. The molecule has 1 N–H and O–H groups in total. The molecule has 0 fully saturated rings. The van der Waals surface area contributed by atoms with Crippen LogP contribution >= 0.6 is 0 Å². The van der Waals surface area contributed by atoms with Crippen molar-refractivity contribution in [2.24, 2.45) is 7.05 Å². The molecule has 0 atom stereocenters. The first-order valence-corrected chi connectivity index (χ1v) is 11.6. The molecular formula is C30H27N5. The van der Waals surface area contributed by atoms with Gasteiger partial charge in [0.05, 0.1) is 5.52 Å². The van der Waals surface area contributed by atoms with Crippen LogP contribution in [0.4, 0.5) is 5.82 Å². The van der Waals surface area contributed by atoms with Crippen LogP contribution in [0.3, 0.4) is 0 Å². The van der Waals surface area contributed by atoms with Crippen LogP contribution in [0.2, 0.25) is 0 Å². The minimum Gasteiger partial charge on any atom is -0.366 e. The minimum atomic E-state index is 0.653. The molecule has 5 heteroatoms. The zero-order valence-corrected chi connectivity index (χ0v) is 19.9. The molecular weight excluding hydrogens is 430 g/mol. The largest absolute Gasteiger partial charge is 0.366 e. The second kappa shape index (κ2) is 9.77. The minimum absolute atomic E-state index is 0.653. The highest BCUT2D eigenvalue weighted by Gasteiger charge is 2.12. The van der Waals surface area contributed by atoms with Crippen molar-refractivity contribution in [1.82, 2.24) is 19.5 Å². The molecule has 0 radical (unpaired) electrons. The van der Waals surface area contributed by atoms with Gasteiger partial charge in [-0.05, 0) is 60.5 Å². The molecule has 3 aromatic heterocycles. The van der Waals surface area contributed by atoms with Gasteiger partial charge in [0.25, 0.3) is 0 Å². The molecule has 0 aliphatic heterocycles. The molecule has 3 heterocycles. The molecule has 0 saturated heterocycles. The van der Waals surface area contributed by atoms with Crippen LogP contribution in [0.1, 0.15) is 6.92 Å². The third-order valence-electron chi connectivity index (χ3n) is 6.00. The van der Waals surface area contributed by atoms with E-state index < -0.39 is 0 Å². The summed E-state index contributed by atoms with van der Waals surface area (Å²) < 4.78 is 2.13. The number of nitrogens with one attached hydrogen (secondary N) is 1. The van der Waals surface area contributed by atoms with Gasteiger partial charge in [-0.25, -0.2) is 9.97 Å². The Kier molecular flexibility index (Phi) is 6.22. The average Bonchev–Trinajstić information content (AvgIpc) is 3.27. The summed E-state index contributed by atoms with van der Waals surface area (Å²) in [5.74, 6) is 1.46. The lowest BCUT2D eigenvalue weighted by atomic mass is 10.0. The van der Waals surface area contributed by atoms with E-state index in [2.05, 4.69) is 90.2 Å². The van der Waals surface area contributed by atoms with Crippen molar-refractivity contribution in [3.8, 4) is 22.5 Å². The van der Waals surface area contributed by atoms with Gasteiger partial charge in [0.15, 0.2) is 5.82 Å². The third-order valence-corrected chi connectivity index (χ3v) is 6.00. The van der Waals surface area contributed by atoms with E-state index in [1.165, 1.54) is 22.0 Å². The summed E-state index contributed by atoms with van der Waals surface area (Å²) in [7, 11) is 2.07. The molecule has 5 aromatic rings. The Labute approximate surface area is 205 Å². The lowest BCUT2D eigenvalue weighted by Gasteiger charge is -2.13. The van der Waals surface area contributed by atoms with Gasteiger partial charge >= 0.3 is 0 Å². The second-order valence-corrected chi connectivity index (χ2v) is 8.56. The van der Waals surface area contributed by atoms with E-state index in [4.69, 9.17) is 9.97 Å². The third kappa shape index (κ3) is 4.75. The first-order valence-electron chi connectivity index (χ1n) is 11.6. The molecule has 5 rings (SSSR count). The Balaban J connectivity index is 1.58. The highest BCUT2D eigenvalue weighted by Crippen LogP contribution is 2.31. The fourth-order valence-electron chi connectivity index (χ4n) is 4.11. The number of anilines is 1. The maximum Gasteiger partial charge on any atom is 0.163 e. The van der Waals surface area contributed by atoms with Gasteiger partial charge in [-0.3, -0.25) is 4.98 Å². The van der Waals surface area contributed by atoms with Crippen molar-refractivity contribution in [1.29, 1.82) is 0 Å². The van der Waals surface area contributed by atoms with Gasteiger partial charge in [0, 0.05) is 54.0 Å². The maximum atomic E-state index is 4.90. The summed E-state index contributed by atoms with van der Waals surface area (Å²) in [5.41, 5.74) is 6.47. The smallest absolute Gasteiger partial charge is 0.163 e. The predicted octanol–water partition coefficient (Wildman–Crippen LogP) is 6.95. The van der Waals surface area contributed by atoms with Crippen LogP contribution in [-0.2, 0) is 7.05 Å². The van der Waals surface area contributed by atoms with Gasteiger partial charge in [-0.1, -0.05) is 48.6 Å². The predicted molar refractivity (Wildman–Crippen MR) is 146 cm³/mol. The van der Waals surface area contributed by atoms with Crippen molar-refractivity contribution >= 4 is 27.6 Å². The zero-order chi connectivity index (χ0) is 24.2. The molecule has 0 aliphatic rings. The summed E-state index contributed by atoms with van der Waals surface area (Å²) in [6.45, 7) is 6.48. The number of nitrogens with zero attached hydrogens (tertiary/aromatic N) is 4. The van der Waals surface area contributed by atoms with E-state index in [-0.39, 0.29) is 0 Å². The molecule has 0 amide bonds. The number of pyridine rings is 1. The van der Waals surface area contributed by atoms with E-state index in [9.17, 15) is 0 Å². The first kappa shape index (κ1) is 22.3. The lowest BCUT2D eigenvalue weighted by molar-refractivity contribution is 0.969. The van der Waals surface area contributed by atoms with Crippen LogP contribution < -0.4 is 5.32 Å². The Morgan fingerprint density at radius 2 is 1.86 bits per heavy atom. The number of fused-ring (bicyclic) bond motifs is 2. The number of hydrogen-bond donors (Lipinski definition) is 1. The number of benzene rings is 2. The average molecular weight is 458 g/mol. The summed E-state index contributed by atoms with van der Waals surface area (Å²) in [6.07, 6.45) is 13.4. The molecule has 0 unspecified atom stereocenters. The number of hydrogen-bond acceptors (Lipinski definition) is 4. The van der Waals surface area contributed by atoms with E-state index in [0.717, 1.165) is 27.8 Å². The quantitative estimate of drug-likeness (QED) is 0.269. The molecule has 172 valence electrons.